The number of halogens is 1. The normalized spacial score (nSPS) is 10.6. The zero-order valence-electron chi connectivity index (χ0n) is 16.1. The van der Waals surface area contributed by atoms with E-state index in [4.69, 9.17) is 4.74 Å². The van der Waals surface area contributed by atoms with E-state index < -0.39 is 11.8 Å². The van der Waals surface area contributed by atoms with Crippen LogP contribution in [0, 0.1) is 5.82 Å². The molecular formula is C20H19FN4O3S. The van der Waals surface area contributed by atoms with E-state index in [2.05, 4.69) is 10.2 Å². The van der Waals surface area contributed by atoms with Crippen LogP contribution in [0.4, 0.5) is 10.1 Å². The predicted molar refractivity (Wildman–Crippen MR) is 108 cm³/mol. The van der Waals surface area contributed by atoms with Gasteiger partial charge in [-0.1, -0.05) is 36.0 Å². The van der Waals surface area contributed by atoms with E-state index in [1.54, 1.807) is 61.1 Å². The summed E-state index contributed by atoms with van der Waals surface area (Å²) in [6.07, 6.45) is 0. The van der Waals surface area contributed by atoms with Crippen LogP contribution in [0.5, 0.6) is 0 Å². The maximum Gasteiger partial charge on any atom is 0.339 e. The number of thioether (sulfide) groups is 1. The van der Waals surface area contributed by atoms with E-state index in [1.807, 2.05) is 0 Å². The number of benzene rings is 2. The highest BCUT2D eigenvalue weighted by atomic mass is 32.2. The fourth-order valence-electron chi connectivity index (χ4n) is 2.72. The van der Waals surface area contributed by atoms with E-state index in [-0.39, 0.29) is 11.7 Å². The molecule has 0 aliphatic rings. The zero-order valence-corrected chi connectivity index (χ0v) is 16.9. The van der Waals surface area contributed by atoms with E-state index in [0.717, 1.165) is 0 Å². The van der Waals surface area contributed by atoms with Gasteiger partial charge in [-0.3, -0.25) is 4.79 Å². The van der Waals surface area contributed by atoms with Crippen LogP contribution in [0.1, 0.15) is 10.4 Å². The quantitative estimate of drug-likeness (QED) is 0.456. The summed E-state index contributed by atoms with van der Waals surface area (Å²) in [5.74, 6) is -0.704. The third-order valence-corrected chi connectivity index (χ3v) is 5.32. The summed E-state index contributed by atoms with van der Waals surface area (Å²) in [5, 5.41) is 8.58. The molecular weight excluding hydrogens is 395 g/mol. The van der Waals surface area contributed by atoms with Crippen LogP contribution in [0.25, 0.3) is 11.4 Å². The van der Waals surface area contributed by atoms with Crippen molar-refractivity contribution in [3.05, 3.63) is 59.9 Å². The standard InChI is InChI=1S/C20H19FN4O3S/c1-24(16-11-7-5-9-14(16)19(27)28-3)17(26)12-29-20-23-22-18(25(20)2)13-8-4-6-10-15(13)21/h4-11H,12H2,1-3H3. The smallest absolute Gasteiger partial charge is 0.339 e. The lowest BCUT2D eigenvalue weighted by atomic mass is 10.1. The number of amides is 1. The number of methoxy groups -OCH3 is 1. The second kappa shape index (κ2) is 8.87. The molecule has 9 heteroatoms. The highest BCUT2D eigenvalue weighted by Gasteiger charge is 2.20. The highest BCUT2D eigenvalue weighted by molar-refractivity contribution is 7.99. The molecule has 1 amide bonds. The van der Waals surface area contributed by atoms with Crippen LogP contribution < -0.4 is 4.90 Å². The third kappa shape index (κ3) is 4.29. The number of carbonyl (C=O) groups excluding carboxylic acids is 2. The maximum absolute atomic E-state index is 14.0. The van der Waals surface area contributed by atoms with Gasteiger partial charge >= 0.3 is 5.97 Å². The van der Waals surface area contributed by atoms with Gasteiger partial charge in [-0.15, -0.1) is 10.2 Å². The minimum Gasteiger partial charge on any atom is -0.465 e. The molecule has 0 bridgehead atoms. The van der Waals surface area contributed by atoms with Crippen molar-refractivity contribution in [2.75, 3.05) is 24.8 Å². The number of hydrogen-bond donors (Lipinski definition) is 0. The lowest BCUT2D eigenvalue weighted by Gasteiger charge is -2.19. The Morgan fingerprint density at radius 3 is 2.55 bits per heavy atom. The Morgan fingerprint density at radius 2 is 1.83 bits per heavy atom. The van der Waals surface area contributed by atoms with E-state index in [1.165, 1.54) is 29.8 Å². The van der Waals surface area contributed by atoms with Crippen LogP contribution in [0.15, 0.2) is 53.7 Å². The molecule has 0 fully saturated rings. The first kappa shape index (κ1) is 20.5. The summed E-state index contributed by atoms with van der Waals surface area (Å²) in [4.78, 5) is 26.0. The summed E-state index contributed by atoms with van der Waals surface area (Å²) in [6.45, 7) is 0. The van der Waals surface area contributed by atoms with Crippen LogP contribution >= 0.6 is 11.8 Å². The summed E-state index contributed by atoms with van der Waals surface area (Å²) in [5.41, 5.74) is 1.09. The van der Waals surface area contributed by atoms with Crippen molar-refractivity contribution in [2.45, 2.75) is 5.16 Å². The monoisotopic (exact) mass is 414 g/mol. The SMILES string of the molecule is COC(=O)c1ccccc1N(C)C(=O)CSc1nnc(-c2ccccc2F)n1C. The van der Waals surface area contributed by atoms with Gasteiger partial charge in [-0.2, -0.15) is 0 Å². The molecule has 0 saturated heterocycles. The highest BCUT2D eigenvalue weighted by Crippen LogP contribution is 2.26. The topological polar surface area (TPSA) is 77.3 Å². The molecule has 0 N–H and O–H groups in total. The molecule has 2 aromatic carbocycles. The first-order valence-electron chi connectivity index (χ1n) is 8.65. The Labute approximate surface area is 171 Å². The molecule has 150 valence electrons. The Bertz CT molecular complexity index is 1050. The van der Waals surface area contributed by atoms with Crippen molar-refractivity contribution in [3.63, 3.8) is 0 Å². The van der Waals surface area contributed by atoms with E-state index >= 15 is 0 Å². The second-order valence-corrected chi connectivity index (χ2v) is 7.04. The minimum absolute atomic E-state index is 0.0647. The molecule has 7 nitrogen and oxygen atoms in total. The fraction of sp³-hybridized carbons (Fsp3) is 0.200. The first-order chi connectivity index (χ1) is 13.9. The van der Waals surface area contributed by atoms with Crippen LogP contribution in [-0.4, -0.2) is 46.6 Å². The average molecular weight is 414 g/mol. The van der Waals surface area contributed by atoms with Crippen LogP contribution in [-0.2, 0) is 16.6 Å². The molecule has 0 radical (unpaired) electrons. The summed E-state index contributed by atoms with van der Waals surface area (Å²) in [6, 6.07) is 13.0. The van der Waals surface area contributed by atoms with Crippen molar-refractivity contribution in [1.29, 1.82) is 0 Å². The van der Waals surface area contributed by atoms with Gasteiger partial charge < -0.3 is 14.2 Å². The average Bonchev–Trinajstić information content (AvgIpc) is 3.11. The lowest BCUT2D eigenvalue weighted by molar-refractivity contribution is -0.115. The van der Waals surface area contributed by atoms with Gasteiger partial charge in [0, 0.05) is 14.1 Å². The number of esters is 1. The van der Waals surface area contributed by atoms with E-state index in [9.17, 15) is 14.0 Å². The van der Waals surface area contributed by atoms with Gasteiger partial charge in [0.15, 0.2) is 11.0 Å². The molecule has 0 aliphatic heterocycles. The Kier molecular flexibility index (Phi) is 6.28. The predicted octanol–water partition coefficient (Wildman–Crippen LogP) is 3.16. The van der Waals surface area contributed by atoms with Gasteiger partial charge in [0.05, 0.1) is 29.7 Å². The van der Waals surface area contributed by atoms with Crippen LogP contribution in [0.3, 0.4) is 0 Å². The number of hydrogen-bond acceptors (Lipinski definition) is 6. The number of aromatic nitrogens is 3. The molecule has 3 rings (SSSR count). The second-order valence-electron chi connectivity index (χ2n) is 6.10. The van der Waals surface area contributed by atoms with Crippen LogP contribution in [0.2, 0.25) is 0 Å². The van der Waals surface area contributed by atoms with Crippen molar-refractivity contribution in [2.24, 2.45) is 7.05 Å². The minimum atomic E-state index is -0.518. The number of ether oxygens (including phenoxy) is 1. The third-order valence-electron chi connectivity index (χ3n) is 4.32. The molecule has 0 unspecified atom stereocenters. The Morgan fingerprint density at radius 1 is 1.14 bits per heavy atom. The molecule has 1 heterocycles. The summed E-state index contributed by atoms with van der Waals surface area (Å²) in [7, 11) is 4.59. The largest absolute Gasteiger partial charge is 0.465 e. The van der Waals surface area contributed by atoms with Gasteiger partial charge in [0.25, 0.3) is 0 Å². The fourth-order valence-corrected chi connectivity index (χ4v) is 3.55. The number of carbonyl (C=O) groups is 2. The van der Waals surface area contributed by atoms with Crippen molar-refractivity contribution in [3.8, 4) is 11.4 Å². The number of para-hydroxylation sites is 1. The lowest BCUT2D eigenvalue weighted by Crippen LogP contribution is -2.29. The van der Waals surface area contributed by atoms with Crippen molar-refractivity contribution in [1.82, 2.24) is 14.8 Å². The first-order valence-corrected chi connectivity index (χ1v) is 9.63. The number of anilines is 1. The molecule has 0 saturated carbocycles. The summed E-state index contributed by atoms with van der Waals surface area (Å²) < 4.78 is 20.4. The Hall–Kier alpha value is -3.20. The van der Waals surface area contributed by atoms with E-state index in [0.29, 0.717) is 27.8 Å². The van der Waals surface area contributed by atoms with Crippen molar-refractivity contribution >= 4 is 29.3 Å². The molecule has 1 aromatic heterocycles. The molecule has 0 atom stereocenters. The Balaban J connectivity index is 1.74. The molecule has 3 aromatic rings. The van der Waals surface area contributed by atoms with Gasteiger partial charge in [0.2, 0.25) is 5.91 Å². The number of nitrogens with zero attached hydrogens (tertiary/aromatic N) is 4. The van der Waals surface area contributed by atoms with Crippen molar-refractivity contribution < 1.29 is 18.7 Å². The van der Waals surface area contributed by atoms with Gasteiger partial charge in [0.1, 0.15) is 5.82 Å². The molecule has 0 spiro atoms. The molecule has 0 aliphatic carbocycles. The van der Waals surface area contributed by atoms with Gasteiger partial charge in [-0.25, -0.2) is 9.18 Å². The number of rotatable bonds is 6. The zero-order chi connectivity index (χ0) is 21.0. The maximum atomic E-state index is 14.0. The van der Waals surface area contributed by atoms with Gasteiger partial charge in [-0.05, 0) is 24.3 Å². The summed E-state index contributed by atoms with van der Waals surface area (Å²) >= 11 is 1.18. The molecule has 29 heavy (non-hydrogen) atoms.